The predicted octanol–water partition coefficient (Wildman–Crippen LogP) is 1.12. The van der Waals surface area contributed by atoms with Gasteiger partial charge in [-0.25, -0.2) is 0 Å². The zero-order valence-electron chi connectivity index (χ0n) is 11.1. The molecule has 0 bridgehead atoms. The summed E-state index contributed by atoms with van der Waals surface area (Å²) in [6.45, 7) is 2.71. The van der Waals surface area contributed by atoms with Gasteiger partial charge in [0, 0.05) is 45.6 Å². The number of aliphatic hydroxyl groups is 1. The summed E-state index contributed by atoms with van der Waals surface area (Å²) in [6, 6.07) is 8.17. The van der Waals surface area contributed by atoms with Crippen LogP contribution in [0.1, 0.15) is 18.4 Å². The predicted molar refractivity (Wildman–Crippen MR) is 72.4 cm³/mol. The third kappa shape index (κ3) is 3.08. The Bertz CT molecular complexity index is 404. The number of rotatable bonds is 4. The molecule has 0 radical (unpaired) electrons. The van der Waals surface area contributed by atoms with Crippen molar-refractivity contribution in [2.45, 2.75) is 31.0 Å². The number of fused-ring (bicyclic) bond motifs is 1. The second-order valence-corrected chi connectivity index (χ2v) is 5.52. The molecule has 104 valence electrons. The summed E-state index contributed by atoms with van der Waals surface area (Å²) < 4.78 is 11.1. The normalized spacial score (nSPS) is 24.8. The van der Waals surface area contributed by atoms with E-state index in [1.165, 1.54) is 5.56 Å². The third-order valence-corrected chi connectivity index (χ3v) is 3.96. The van der Waals surface area contributed by atoms with E-state index in [1.54, 1.807) is 0 Å². The molecule has 1 unspecified atom stereocenters. The minimum absolute atomic E-state index is 0.181. The first-order chi connectivity index (χ1) is 9.25. The Labute approximate surface area is 113 Å². The number of hydrogen-bond acceptors (Lipinski definition) is 4. The Hall–Kier alpha value is -1.10. The average Bonchev–Trinajstić information content (AvgIpc) is 2.82. The van der Waals surface area contributed by atoms with E-state index in [4.69, 9.17) is 9.47 Å². The molecule has 4 heteroatoms. The van der Waals surface area contributed by atoms with Gasteiger partial charge in [0.1, 0.15) is 11.9 Å². The number of nitrogens with one attached hydrogen (secondary N) is 1. The molecule has 1 saturated heterocycles. The maximum absolute atomic E-state index is 10.3. The minimum atomic E-state index is -0.607. The van der Waals surface area contributed by atoms with Gasteiger partial charge in [-0.3, -0.25) is 0 Å². The van der Waals surface area contributed by atoms with Crippen LogP contribution in [0, 0.1) is 0 Å². The molecule has 1 fully saturated rings. The van der Waals surface area contributed by atoms with Crippen molar-refractivity contribution >= 4 is 0 Å². The zero-order chi connectivity index (χ0) is 13.1. The molecular formula is C15H21NO3. The second kappa shape index (κ2) is 5.49. The highest BCUT2D eigenvalue weighted by Gasteiger charge is 2.30. The molecule has 2 heterocycles. The summed E-state index contributed by atoms with van der Waals surface area (Å²) in [5.41, 5.74) is 0.669. The lowest BCUT2D eigenvalue weighted by Gasteiger charge is -2.32. The standard InChI is InChI=1S/C15H21NO3/c17-15(5-7-18-8-6-15)11-16-10-13-9-12-3-1-2-4-14(12)19-13/h1-4,13,16-17H,5-11H2. The van der Waals surface area contributed by atoms with Gasteiger partial charge >= 0.3 is 0 Å². The van der Waals surface area contributed by atoms with Crippen LogP contribution in [0.5, 0.6) is 5.75 Å². The Morgan fingerprint density at radius 2 is 2.05 bits per heavy atom. The van der Waals surface area contributed by atoms with Crippen molar-refractivity contribution in [3.8, 4) is 5.75 Å². The molecule has 2 aliphatic heterocycles. The Morgan fingerprint density at radius 3 is 2.84 bits per heavy atom. The topological polar surface area (TPSA) is 50.7 Å². The van der Waals surface area contributed by atoms with Gasteiger partial charge in [-0.15, -0.1) is 0 Å². The van der Waals surface area contributed by atoms with Crippen LogP contribution in [0.3, 0.4) is 0 Å². The van der Waals surface area contributed by atoms with E-state index >= 15 is 0 Å². The number of hydrogen-bond donors (Lipinski definition) is 2. The molecular weight excluding hydrogens is 242 g/mol. The van der Waals surface area contributed by atoms with E-state index in [9.17, 15) is 5.11 Å². The van der Waals surface area contributed by atoms with E-state index in [2.05, 4.69) is 11.4 Å². The van der Waals surface area contributed by atoms with Gasteiger partial charge in [0.25, 0.3) is 0 Å². The van der Waals surface area contributed by atoms with Gasteiger partial charge in [-0.2, -0.15) is 0 Å². The van der Waals surface area contributed by atoms with Crippen molar-refractivity contribution < 1.29 is 14.6 Å². The Kier molecular flexibility index (Phi) is 3.73. The summed E-state index contributed by atoms with van der Waals surface area (Å²) >= 11 is 0. The maximum atomic E-state index is 10.3. The van der Waals surface area contributed by atoms with Crippen molar-refractivity contribution in [3.05, 3.63) is 29.8 Å². The van der Waals surface area contributed by atoms with Gasteiger partial charge in [0.05, 0.1) is 5.60 Å². The number of para-hydroxylation sites is 1. The molecule has 3 rings (SSSR count). The summed E-state index contributed by atoms with van der Waals surface area (Å²) in [5.74, 6) is 0.999. The maximum Gasteiger partial charge on any atom is 0.123 e. The van der Waals surface area contributed by atoms with Crippen LogP contribution in [0.15, 0.2) is 24.3 Å². The first-order valence-electron chi connectivity index (χ1n) is 7.01. The number of benzene rings is 1. The van der Waals surface area contributed by atoms with Gasteiger partial charge < -0.3 is 19.9 Å². The quantitative estimate of drug-likeness (QED) is 0.855. The summed E-state index contributed by atoms with van der Waals surface area (Å²) in [6.07, 6.45) is 2.56. The lowest BCUT2D eigenvalue weighted by atomic mass is 9.94. The molecule has 0 aromatic heterocycles. The molecule has 2 N–H and O–H groups in total. The van der Waals surface area contributed by atoms with Crippen molar-refractivity contribution in [2.75, 3.05) is 26.3 Å². The fraction of sp³-hybridized carbons (Fsp3) is 0.600. The molecule has 2 aliphatic rings. The molecule has 4 nitrogen and oxygen atoms in total. The first kappa shape index (κ1) is 12.9. The fourth-order valence-electron chi connectivity index (χ4n) is 2.76. The molecule has 0 saturated carbocycles. The monoisotopic (exact) mass is 263 g/mol. The highest BCUT2D eigenvalue weighted by molar-refractivity contribution is 5.37. The van der Waals surface area contributed by atoms with E-state index in [0.717, 1.165) is 18.7 Å². The van der Waals surface area contributed by atoms with E-state index in [0.29, 0.717) is 32.6 Å². The van der Waals surface area contributed by atoms with Crippen molar-refractivity contribution in [2.24, 2.45) is 0 Å². The highest BCUT2D eigenvalue weighted by Crippen LogP contribution is 2.27. The smallest absolute Gasteiger partial charge is 0.123 e. The SMILES string of the molecule is OC1(CNCC2Cc3ccccc3O2)CCOCC1. The lowest BCUT2D eigenvalue weighted by Crippen LogP contribution is -2.47. The minimum Gasteiger partial charge on any atom is -0.488 e. The number of ether oxygens (including phenoxy) is 2. The average molecular weight is 263 g/mol. The van der Waals surface area contributed by atoms with Gasteiger partial charge in [-0.05, 0) is 11.6 Å². The molecule has 1 atom stereocenters. The second-order valence-electron chi connectivity index (χ2n) is 5.52. The molecule has 19 heavy (non-hydrogen) atoms. The van der Waals surface area contributed by atoms with Gasteiger partial charge in [0.2, 0.25) is 0 Å². The largest absolute Gasteiger partial charge is 0.488 e. The van der Waals surface area contributed by atoms with Gasteiger partial charge in [0.15, 0.2) is 0 Å². The Morgan fingerprint density at radius 1 is 1.26 bits per heavy atom. The fourth-order valence-corrected chi connectivity index (χ4v) is 2.76. The summed E-state index contributed by atoms with van der Waals surface area (Å²) in [4.78, 5) is 0. The summed E-state index contributed by atoms with van der Waals surface area (Å²) in [5, 5.41) is 13.7. The van der Waals surface area contributed by atoms with Crippen molar-refractivity contribution in [1.29, 1.82) is 0 Å². The first-order valence-corrected chi connectivity index (χ1v) is 7.01. The van der Waals surface area contributed by atoms with Crippen LogP contribution in [0.25, 0.3) is 0 Å². The van der Waals surface area contributed by atoms with Crippen LogP contribution in [-0.2, 0) is 11.2 Å². The molecule has 0 amide bonds. The Balaban J connectivity index is 1.44. The van der Waals surface area contributed by atoms with E-state index in [-0.39, 0.29) is 6.10 Å². The van der Waals surface area contributed by atoms with Crippen LogP contribution >= 0.6 is 0 Å². The van der Waals surface area contributed by atoms with Crippen molar-refractivity contribution in [1.82, 2.24) is 5.32 Å². The van der Waals surface area contributed by atoms with Crippen molar-refractivity contribution in [3.63, 3.8) is 0 Å². The van der Waals surface area contributed by atoms with Crippen LogP contribution in [0.4, 0.5) is 0 Å². The molecule has 1 aromatic rings. The van der Waals surface area contributed by atoms with Crippen LogP contribution < -0.4 is 10.1 Å². The molecule has 0 aliphatic carbocycles. The highest BCUT2D eigenvalue weighted by atomic mass is 16.5. The van der Waals surface area contributed by atoms with Crippen LogP contribution in [0.2, 0.25) is 0 Å². The third-order valence-electron chi connectivity index (χ3n) is 3.96. The van der Waals surface area contributed by atoms with E-state index in [1.807, 2.05) is 18.2 Å². The lowest BCUT2D eigenvalue weighted by molar-refractivity contribution is -0.0620. The molecule has 0 spiro atoms. The molecule has 1 aromatic carbocycles. The van der Waals surface area contributed by atoms with E-state index < -0.39 is 5.60 Å². The zero-order valence-corrected chi connectivity index (χ0v) is 11.1. The van der Waals surface area contributed by atoms with Gasteiger partial charge in [-0.1, -0.05) is 18.2 Å². The van der Waals surface area contributed by atoms with Crippen LogP contribution in [-0.4, -0.2) is 43.1 Å². The summed E-state index contributed by atoms with van der Waals surface area (Å²) in [7, 11) is 0.